The van der Waals surface area contributed by atoms with E-state index in [2.05, 4.69) is 56.8 Å². The molecule has 31 heavy (non-hydrogen) atoms. The van der Waals surface area contributed by atoms with Crippen LogP contribution in [-0.2, 0) is 6.54 Å². The van der Waals surface area contributed by atoms with E-state index in [1.165, 1.54) is 54.7 Å². The van der Waals surface area contributed by atoms with E-state index in [1.807, 2.05) is 0 Å². The number of rotatable bonds is 6. The van der Waals surface area contributed by atoms with Crippen molar-refractivity contribution in [2.45, 2.75) is 51.6 Å². The topological polar surface area (TPSA) is 95.9 Å². The van der Waals surface area contributed by atoms with Crippen molar-refractivity contribution in [2.24, 2.45) is 0 Å². The van der Waals surface area contributed by atoms with Crippen molar-refractivity contribution in [3.05, 3.63) is 69.8 Å². The minimum Gasteiger partial charge on any atom is -0.372 e. The number of anilines is 1. The Balaban J connectivity index is 1.37. The van der Waals surface area contributed by atoms with Gasteiger partial charge in [-0.15, -0.1) is 0 Å². The summed E-state index contributed by atoms with van der Waals surface area (Å²) in [5.74, 6) is 0.255. The quantitative estimate of drug-likeness (QED) is 0.639. The zero-order chi connectivity index (χ0) is 21.8. The highest BCUT2D eigenvalue weighted by atomic mass is 16.1. The molecule has 1 fully saturated rings. The number of nitrogens with zero attached hydrogens (tertiary/aromatic N) is 4. The van der Waals surface area contributed by atoms with Gasteiger partial charge in [-0.25, -0.2) is 9.78 Å². The van der Waals surface area contributed by atoms with Gasteiger partial charge >= 0.3 is 0 Å². The van der Waals surface area contributed by atoms with Crippen molar-refractivity contribution in [3.63, 3.8) is 0 Å². The number of aromatic nitrogens is 4. The Morgan fingerprint density at radius 1 is 1.16 bits per heavy atom. The van der Waals surface area contributed by atoms with Gasteiger partial charge in [-0.3, -0.25) is 9.59 Å². The fourth-order valence-corrected chi connectivity index (χ4v) is 4.12. The van der Waals surface area contributed by atoms with E-state index in [4.69, 9.17) is 0 Å². The van der Waals surface area contributed by atoms with Crippen LogP contribution in [-0.4, -0.2) is 39.0 Å². The highest BCUT2D eigenvalue weighted by molar-refractivity contribution is 5.95. The Bertz CT molecular complexity index is 1080. The zero-order valence-corrected chi connectivity index (χ0v) is 18.0. The second kappa shape index (κ2) is 9.16. The number of H-pyrrole nitrogens is 1. The Labute approximate surface area is 181 Å². The van der Waals surface area contributed by atoms with Crippen molar-refractivity contribution < 1.29 is 4.79 Å². The first-order valence-electron chi connectivity index (χ1n) is 10.7. The van der Waals surface area contributed by atoms with Crippen LogP contribution >= 0.6 is 0 Å². The van der Waals surface area contributed by atoms with Gasteiger partial charge < -0.3 is 10.2 Å². The molecule has 3 aromatic rings. The van der Waals surface area contributed by atoms with Gasteiger partial charge in [0.1, 0.15) is 0 Å². The summed E-state index contributed by atoms with van der Waals surface area (Å²) < 4.78 is 1.53. The molecule has 1 aliphatic rings. The summed E-state index contributed by atoms with van der Waals surface area (Å²) in [5.41, 5.74) is 3.10. The number of nitrogens with one attached hydrogen (secondary N) is 2. The molecule has 0 radical (unpaired) electrons. The van der Waals surface area contributed by atoms with E-state index in [9.17, 15) is 9.59 Å². The number of carbonyl (C=O) groups is 1. The third-order valence-corrected chi connectivity index (χ3v) is 6.05. The van der Waals surface area contributed by atoms with E-state index < -0.39 is 0 Å². The van der Waals surface area contributed by atoms with Crippen LogP contribution in [0.3, 0.4) is 0 Å². The maximum absolute atomic E-state index is 12.7. The average molecular weight is 421 g/mol. The predicted octanol–water partition coefficient (Wildman–Crippen LogP) is 2.96. The molecular formula is C23H28N6O2. The zero-order valence-electron chi connectivity index (χ0n) is 18.0. The Morgan fingerprint density at radius 3 is 2.58 bits per heavy atom. The summed E-state index contributed by atoms with van der Waals surface area (Å²) in [6.45, 7) is 2.23. The lowest BCUT2D eigenvalue weighted by atomic mass is 9.94. The van der Waals surface area contributed by atoms with Crippen molar-refractivity contribution in [2.75, 3.05) is 11.9 Å². The lowest BCUT2D eigenvalue weighted by molar-refractivity contribution is 0.0950. The number of amides is 1. The van der Waals surface area contributed by atoms with Gasteiger partial charge in [0.15, 0.2) is 5.82 Å². The van der Waals surface area contributed by atoms with Crippen LogP contribution in [0, 0.1) is 6.92 Å². The van der Waals surface area contributed by atoms with Crippen molar-refractivity contribution in [3.8, 4) is 5.82 Å². The molecule has 1 aromatic carbocycles. The number of benzene rings is 1. The molecule has 4 rings (SSSR count). The summed E-state index contributed by atoms with van der Waals surface area (Å²) in [6.07, 6.45) is 8.01. The lowest BCUT2D eigenvalue weighted by Gasteiger charge is -2.33. The normalized spacial score (nSPS) is 14.4. The molecule has 8 nitrogen and oxygen atoms in total. The molecule has 0 unspecified atom stereocenters. The van der Waals surface area contributed by atoms with Gasteiger partial charge in [-0.05, 0) is 43.5 Å². The third-order valence-electron chi connectivity index (χ3n) is 6.05. The summed E-state index contributed by atoms with van der Waals surface area (Å²) in [6, 6.07) is 11.9. The van der Waals surface area contributed by atoms with Gasteiger partial charge in [0.25, 0.3) is 11.5 Å². The minimum atomic E-state index is -0.289. The monoisotopic (exact) mass is 420 g/mol. The fraction of sp³-hybridized carbons (Fsp3) is 0.391. The maximum Gasteiger partial charge on any atom is 0.264 e. The summed E-state index contributed by atoms with van der Waals surface area (Å²) in [7, 11) is 2.17. The maximum atomic E-state index is 12.7. The molecule has 2 N–H and O–H groups in total. The van der Waals surface area contributed by atoms with Crippen molar-refractivity contribution >= 4 is 11.6 Å². The summed E-state index contributed by atoms with van der Waals surface area (Å²) in [5, 5.41) is 13.5. The smallest absolute Gasteiger partial charge is 0.264 e. The van der Waals surface area contributed by atoms with Gasteiger partial charge in [0.05, 0.1) is 17.5 Å². The molecule has 0 aliphatic heterocycles. The number of aromatic amines is 1. The van der Waals surface area contributed by atoms with E-state index in [0.717, 1.165) is 5.56 Å². The molecule has 8 heteroatoms. The molecule has 0 saturated heterocycles. The average Bonchev–Trinajstić information content (AvgIpc) is 3.20. The predicted molar refractivity (Wildman–Crippen MR) is 120 cm³/mol. The molecule has 0 atom stereocenters. The first-order valence-corrected chi connectivity index (χ1v) is 10.7. The highest BCUT2D eigenvalue weighted by Crippen LogP contribution is 2.26. The van der Waals surface area contributed by atoms with Crippen LogP contribution in [0.4, 0.5) is 5.69 Å². The van der Waals surface area contributed by atoms with Crippen LogP contribution in [0.2, 0.25) is 0 Å². The minimum absolute atomic E-state index is 0.198. The molecule has 0 spiro atoms. The second-order valence-electron chi connectivity index (χ2n) is 8.09. The molecule has 2 heterocycles. The summed E-state index contributed by atoms with van der Waals surface area (Å²) >= 11 is 0. The fourth-order valence-electron chi connectivity index (χ4n) is 4.12. The van der Waals surface area contributed by atoms with Gasteiger partial charge in [-0.2, -0.15) is 10.2 Å². The van der Waals surface area contributed by atoms with Crippen LogP contribution in [0.25, 0.3) is 5.82 Å². The molecule has 1 amide bonds. The number of carbonyl (C=O) groups excluding carboxylic acids is 1. The number of hydrogen-bond acceptors (Lipinski definition) is 5. The van der Waals surface area contributed by atoms with E-state index in [0.29, 0.717) is 29.7 Å². The Kier molecular flexibility index (Phi) is 6.16. The van der Waals surface area contributed by atoms with Gasteiger partial charge in [0.2, 0.25) is 0 Å². The van der Waals surface area contributed by atoms with Gasteiger partial charge in [-0.1, -0.05) is 31.4 Å². The van der Waals surface area contributed by atoms with Crippen LogP contribution in [0.5, 0.6) is 0 Å². The second-order valence-corrected chi connectivity index (χ2v) is 8.09. The molecular weight excluding hydrogens is 392 g/mol. The molecule has 1 saturated carbocycles. The Morgan fingerprint density at radius 2 is 1.90 bits per heavy atom. The van der Waals surface area contributed by atoms with E-state index in [-0.39, 0.29) is 11.5 Å². The van der Waals surface area contributed by atoms with Crippen LogP contribution < -0.4 is 15.8 Å². The Hall–Kier alpha value is -3.42. The van der Waals surface area contributed by atoms with Crippen LogP contribution in [0.15, 0.2) is 47.4 Å². The van der Waals surface area contributed by atoms with Crippen molar-refractivity contribution in [1.82, 2.24) is 25.3 Å². The molecule has 0 bridgehead atoms. The SMILES string of the molecule is Cc1c(C(=O)NCc2ccc(N(C)C3CCCCC3)cc2)cnn1-c1ccc(=O)[nH]n1. The summed E-state index contributed by atoms with van der Waals surface area (Å²) in [4.78, 5) is 26.2. The van der Waals surface area contributed by atoms with E-state index in [1.54, 1.807) is 13.0 Å². The molecule has 162 valence electrons. The highest BCUT2D eigenvalue weighted by Gasteiger charge is 2.19. The lowest BCUT2D eigenvalue weighted by Crippen LogP contribution is -2.33. The van der Waals surface area contributed by atoms with E-state index >= 15 is 0 Å². The largest absolute Gasteiger partial charge is 0.372 e. The molecule has 2 aromatic heterocycles. The van der Waals surface area contributed by atoms with Gasteiger partial charge in [0, 0.05) is 31.4 Å². The molecule has 1 aliphatic carbocycles. The van der Waals surface area contributed by atoms with Crippen molar-refractivity contribution in [1.29, 1.82) is 0 Å². The standard InChI is InChI=1S/C23H28N6O2/c1-16-20(15-25-29(16)21-12-13-22(30)27-26-21)23(31)24-14-17-8-10-19(11-9-17)28(2)18-6-4-3-5-7-18/h8-13,15,18H,3-7,14H2,1-2H3,(H,24,31)(H,27,30). The van der Waals surface area contributed by atoms with Crippen LogP contribution in [0.1, 0.15) is 53.7 Å². The number of hydrogen-bond donors (Lipinski definition) is 2. The first-order chi connectivity index (χ1) is 15.0. The third kappa shape index (κ3) is 4.68. The first kappa shape index (κ1) is 20.8.